The first-order valence-corrected chi connectivity index (χ1v) is 7.63. The summed E-state index contributed by atoms with van der Waals surface area (Å²) in [6, 6.07) is 4.94. The molecule has 1 aromatic rings. The average molecular weight is 292 g/mol. The van der Waals surface area contributed by atoms with Crippen LogP contribution in [0.4, 0.5) is 4.39 Å². The molecule has 2 saturated heterocycles. The van der Waals surface area contributed by atoms with E-state index in [9.17, 15) is 9.18 Å². The van der Waals surface area contributed by atoms with Gasteiger partial charge in [-0.1, -0.05) is 6.07 Å². The van der Waals surface area contributed by atoms with Crippen LogP contribution < -0.4 is 10.6 Å². The van der Waals surface area contributed by atoms with E-state index in [0.29, 0.717) is 19.1 Å². The van der Waals surface area contributed by atoms with Gasteiger partial charge in [0.25, 0.3) is 5.91 Å². The maximum Gasteiger partial charge on any atom is 0.254 e. The fraction of sp³-hybridized carbons (Fsp3) is 0.562. The lowest BCUT2D eigenvalue weighted by molar-refractivity contribution is 0.0925. The molecule has 21 heavy (non-hydrogen) atoms. The summed E-state index contributed by atoms with van der Waals surface area (Å²) < 4.78 is 19.2. The molecule has 2 heterocycles. The molecule has 1 atom stereocenters. The number of halogens is 1. The van der Waals surface area contributed by atoms with Crippen LogP contribution >= 0.6 is 0 Å². The van der Waals surface area contributed by atoms with Crippen molar-refractivity contribution in [2.24, 2.45) is 0 Å². The Morgan fingerprint density at radius 3 is 2.81 bits per heavy atom. The van der Waals surface area contributed by atoms with Crippen molar-refractivity contribution in [3.8, 4) is 0 Å². The van der Waals surface area contributed by atoms with Crippen LogP contribution in [0.5, 0.6) is 0 Å². The first-order valence-electron chi connectivity index (χ1n) is 7.63. The highest BCUT2D eigenvalue weighted by atomic mass is 19.1. The summed E-state index contributed by atoms with van der Waals surface area (Å²) >= 11 is 0. The highest BCUT2D eigenvalue weighted by molar-refractivity contribution is 5.94. The number of hydrogen-bond donors (Lipinski definition) is 2. The predicted octanol–water partition coefficient (Wildman–Crippen LogP) is 1.81. The molecule has 3 rings (SSSR count). The zero-order valence-electron chi connectivity index (χ0n) is 12.0. The van der Waals surface area contributed by atoms with Gasteiger partial charge >= 0.3 is 0 Å². The fourth-order valence-electron chi connectivity index (χ4n) is 3.04. The Morgan fingerprint density at radius 2 is 2.10 bits per heavy atom. The van der Waals surface area contributed by atoms with Crippen LogP contribution in [-0.4, -0.2) is 38.3 Å². The van der Waals surface area contributed by atoms with Gasteiger partial charge in [-0.25, -0.2) is 4.39 Å². The molecule has 114 valence electrons. The molecular weight excluding hydrogens is 271 g/mol. The fourth-order valence-corrected chi connectivity index (χ4v) is 3.04. The maximum atomic E-state index is 14.0. The molecule has 0 bridgehead atoms. The number of benzene rings is 1. The molecule has 2 aliphatic rings. The quantitative estimate of drug-likeness (QED) is 0.893. The van der Waals surface area contributed by atoms with E-state index in [1.165, 1.54) is 6.07 Å². The Hall–Kier alpha value is -1.46. The zero-order chi connectivity index (χ0) is 14.7. The lowest BCUT2D eigenvalue weighted by Gasteiger charge is -2.23. The van der Waals surface area contributed by atoms with Crippen LogP contribution in [0.25, 0.3) is 0 Å². The minimum absolute atomic E-state index is 0.000522. The summed E-state index contributed by atoms with van der Waals surface area (Å²) in [5, 5.41) is 6.16. The molecule has 1 amide bonds. The van der Waals surface area contributed by atoms with E-state index in [4.69, 9.17) is 4.74 Å². The Labute approximate surface area is 124 Å². The Bertz CT molecular complexity index is 509. The first kappa shape index (κ1) is 14.5. The van der Waals surface area contributed by atoms with Gasteiger partial charge in [-0.15, -0.1) is 0 Å². The van der Waals surface area contributed by atoms with Gasteiger partial charge in [0.1, 0.15) is 5.82 Å². The molecule has 0 aromatic heterocycles. The van der Waals surface area contributed by atoms with E-state index in [2.05, 4.69) is 10.6 Å². The van der Waals surface area contributed by atoms with E-state index >= 15 is 0 Å². The van der Waals surface area contributed by atoms with E-state index in [1.807, 2.05) is 0 Å². The summed E-state index contributed by atoms with van der Waals surface area (Å²) in [6.45, 7) is 3.12. The third-order valence-electron chi connectivity index (χ3n) is 4.31. The summed E-state index contributed by atoms with van der Waals surface area (Å²) in [6.07, 6.45) is 2.85. The van der Waals surface area contributed by atoms with Crippen molar-refractivity contribution in [1.82, 2.24) is 10.6 Å². The monoisotopic (exact) mass is 292 g/mol. The summed E-state index contributed by atoms with van der Waals surface area (Å²) in [5.74, 6) is -0.379. The van der Waals surface area contributed by atoms with Crippen molar-refractivity contribution < 1.29 is 13.9 Å². The van der Waals surface area contributed by atoms with Gasteiger partial charge < -0.3 is 15.4 Å². The maximum absolute atomic E-state index is 14.0. The van der Waals surface area contributed by atoms with Gasteiger partial charge in [0.2, 0.25) is 0 Å². The van der Waals surface area contributed by atoms with Crippen molar-refractivity contribution in [1.29, 1.82) is 0 Å². The van der Waals surface area contributed by atoms with E-state index in [0.717, 1.165) is 37.9 Å². The van der Waals surface area contributed by atoms with Gasteiger partial charge in [-0.2, -0.15) is 0 Å². The Morgan fingerprint density at radius 1 is 1.29 bits per heavy atom. The van der Waals surface area contributed by atoms with Crippen molar-refractivity contribution >= 4 is 5.91 Å². The van der Waals surface area contributed by atoms with Crippen molar-refractivity contribution in [3.63, 3.8) is 0 Å². The molecule has 0 saturated carbocycles. The van der Waals surface area contributed by atoms with Gasteiger partial charge in [0, 0.05) is 6.61 Å². The van der Waals surface area contributed by atoms with Gasteiger partial charge in [0.05, 0.1) is 18.2 Å². The van der Waals surface area contributed by atoms with Crippen LogP contribution in [0.15, 0.2) is 18.2 Å². The number of amides is 1. The molecule has 2 aliphatic heterocycles. The third kappa shape index (κ3) is 3.41. The van der Waals surface area contributed by atoms with Crippen LogP contribution in [0, 0.1) is 5.82 Å². The van der Waals surface area contributed by atoms with Crippen LogP contribution in [-0.2, 0) is 4.74 Å². The second kappa shape index (κ2) is 6.54. The minimum atomic E-state index is -0.455. The van der Waals surface area contributed by atoms with E-state index in [-0.39, 0.29) is 17.5 Å². The number of carbonyl (C=O) groups is 1. The molecular formula is C16H21FN2O2. The summed E-state index contributed by atoms with van der Waals surface area (Å²) in [5.41, 5.74) is 1.21. The van der Waals surface area contributed by atoms with Crippen molar-refractivity contribution in [2.45, 2.75) is 31.2 Å². The largest absolute Gasteiger partial charge is 0.379 e. The molecule has 5 heteroatoms. The molecule has 1 unspecified atom stereocenters. The third-order valence-corrected chi connectivity index (χ3v) is 4.31. The Balaban J connectivity index is 1.75. The molecule has 4 nitrogen and oxygen atoms in total. The van der Waals surface area contributed by atoms with E-state index in [1.54, 1.807) is 12.1 Å². The van der Waals surface area contributed by atoms with Crippen LogP contribution in [0.2, 0.25) is 0 Å². The number of piperidine rings is 1. The lowest BCUT2D eigenvalue weighted by atomic mass is 9.89. The van der Waals surface area contributed by atoms with Crippen LogP contribution in [0.3, 0.4) is 0 Å². The van der Waals surface area contributed by atoms with Crippen molar-refractivity contribution in [2.75, 3.05) is 26.3 Å². The second-order valence-electron chi connectivity index (χ2n) is 5.80. The Kier molecular flexibility index (Phi) is 4.51. The molecule has 0 radical (unpaired) electrons. The SMILES string of the molecule is O=C(NC1CCOC1)c1cc(C2CCNCC2)ccc1F. The molecule has 0 aliphatic carbocycles. The van der Waals surface area contributed by atoms with Gasteiger partial charge in [-0.05, 0) is 56.0 Å². The molecule has 2 N–H and O–H groups in total. The van der Waals surface area contributed by atoms with Crippen LogP contribution in [0.1, 0.15) is 41.1 Å². The standard InChI is InChI=1S/C16H21FN2O2/c17-15-2-1-12(11-3-6-18-7-4-11)9-14(15)16(20)19-13-5-8-21-10-13/h1-2,9,11,13,18H,3-8,10H2,(H,19,20). The number of ether oxygens (including phenoxy) is 1. The van der Waals surface area contributed by atoms with Gasteiger partial charge in [-0.3, -0.25) is 4.79 Å². The van der Waals surface area contributed by atoms with Gasteiger partial charge in [0.15, 0.2) is 0 Å². The number of nitrogens with one attached hydrogen (secondary N) is 2. The van der Waals surface area contributed by atoms with E-state index < -0.39 is 5.82 Å². The second-order valence-corrected chi connectivity index (χ2v) is 5.80. The number of rotatable bonds is 3. The first-order chi connectivity index (χ1) is 10.2. The number of carbonyl (C=O) groups excluding carboxylic acids is 1. The molecule has 0 spiro atoms. The average Bonchev–Trinajstić information content (AvgIpc) is 3.01. The van der Waals surface area contributed by atoms with Crippen molar-refractivity contribution in [3.05, 3.63) is 35.1 Å². The number of hydrogen-bond acceptors (Lipinski definition) is 3. The summed E-state index contributed by atoms with van der Waals surface area (Å²) in [4.78, 5) is 12.2. The highest BCUT2D eigenvalue weighted by Crippen LogP contribution is 2.26. The minimum Gasteiger partial charge on any atom is -0.379 e. The normalized spacial score (nSPS) is 23.2. The topological polar surface area (TPSA) is 50.4 Å². The smallest absolute Gasteiger partial charge is 0.254 e. The molecule has 2 fully saturated rings. The summed E-state index contributed by atoms with van der Waals surface area (Å²) in [7, 11) is 0. The molecule has 1 aromatic carbocycles. The lowest BCUT2D eigenvalue weighted by Crippen LogP contribution is -2.35. The predicted molar refractivity (Wildman–Crippen MR) is 77.9 cm³/mol. The highest BCUT2D eigenvalue weighted by Gasteiger charge is 2.22. The zero-order valence-corrected chi connectivity index (χ0v) is 12.0.